The molecule has 1 aromatic heterocycles. The third kappa shape index (κ3) is 6.32. The third-order valence-corrected chi connectivity index (χ3v) is 11.7. The number of anilines is 3. The van der Waals surface area contributed by atoms with Crippen LogP contribution in [0.4, 0.5) is 17.1 Å². The maximum Gasteiger partial charge on any atom is 0.143 e. The fraction of sp³-hybridized carbons (Fsp3) is 0. The molecule has 0 amide bonds. The van der Waals surface area contributed by atoms with Crippen molar-refractivity contribution in [1.29, 1.82) is 0 Å². The highest BCUT2D eigenvalue weighted by molar-refractivity contribution is 6.28. The van der Waals surface area contributed by atoms with Crippen LogP contribution in [0.15, 0.2) is 241 Å². The summed E-state index contributed by atoms with van der Waals surface area (Å²) in [5.41, 5.74) is 14.7. The highest BCUT2D eigenvalue weighted by Gasteiger charge is 2.23. The van der Waals surface area contributed by atoms with Gasteiger partial charge in [0, 0.05) is 39.0 Å². The molecule has 0 aliphatic carbocycles. The van der Waals surface area contributed by atoms with Gasteiger partial charge < -0.3 is 9.32 Å². The second kappa shape index (κ2) is 15.1. The molecule has 11 rings (SSSR count). The maximum atomic E-state index is 6.98. The Bertz CT molecular complexity index is 3250. The highest BCUT2D eigenvalue weighted by atomic mass is 16.3. The minimum Gasteiger partial charge on any atom is -0.455 e. The molecule has 0 bridgehead atoms. The van der Waals surface area contributed by atoms with E-state index in [9.17, 15) is 0 Å². The van der Waals surface area contributed by atoms with Gasteiger partial charge in [-0.25, -0.2) is 0 Å². The molecule has 0 saturated carbocycles. The number of para-hydroxylation sites is 1. The average molecular weight is 766 g/mol. The predicted molar refractivity (Wildman–Crippen MR) is 253 cm³/mol. The SMILES string of the molecule is c1ccc(-c2ccc(-c3ccc(N(c4ccccc4)c4ccc(-c5ccc6c(c5)c5ccccc5c5c(-c7ccccc7)c(-c7ccccc7)oc65)cc4)cc3)cc2)cc1. The fourth-order valence-electron chi connectivity index (χ4n) is 8.75. The van der Waals surface area contributed by atoms with Gasteiger partial charge in [0.25, 0.3) is 0 Å². The van der Waals surface area contributed by atoms with E-state index < -0.39 is 0 Å². The van der Waals surface area contributed by atoms with Crippen LogP contribution in [-0.4, -0.2) is 0 Å². The van der Waals surface area contributed by atoms with Gasteiger partial charge in [-0.2, -0.15) is 0 Å². The Hall–Kier alpha value is -7.94. The van der Waals surface area contributed by atoms with Crippen molar-refractivity contribution in [3.8, 4) is 55.8 Å². The van der Waals surface area contributed by atoms with Crippen LogP contribution in [0.1, 0.15) is 0 Å². The lowest BCUT2D eigenvalue weighted by Gasteiger charge is -2.26. The van der Waals surface area contributed by atoms with Crippen molar-refractivity contribution in [3.63, 3.8) is 0 Å². The molecular formula is C58H39NO. The number of rotatable bonds is 8. The van der Waals surface area contributed by atoms with E-state index in [4.69, 9.17) is 4.42 Å². The predicted octanol–water partition coefficient (Wildman–Crippen LogP) is 16.5. The van der Waals surface area contributed by atoms with Gasteiger partial charge in [-0.05, 0) is 104 Å². The van der Waals surface area contributed by atoms with Gasteiger partial charge in [-0.15, -0.1) is 0 Å². The van der Waals surface area contributed by atoms with Crippen molar-refractivity contribution in [2.75, 3.05) is 4.90 Å². The van der Waals surface area contributed by atoms with Crippen LogP contribution in [0, 0.1) is 0 Å². The van der Waals surface area contributed by atoms with E-state index in [1.54, 1.807) is 0 Å². The molecule has 0 N–H and O–H groups in total. The van der Waals surface area contributed by atoms with E-state index in [0.29, 0.717) is 0 Å². The molecule has 0 radical (unpaired) electrons. The third-order valence-electron chi connectivity index (χ3n) is 11.7. The van der Waals surface area contributed by atoms with Crippen molar-refractivity contribution in [3.05, 3.63) is 237 Å². The Balaban J connectivity index is 0.970. The molecule has 0 saturated heterocycles. The minimum atomic E-state index is 0.893. The van der Waals surface area contributed by atoms with E-state index in [-0.39, 0.29) is 0 Å². The zero-order valence-electron chi connectivity index (χ0n) is 32.9. The Morgan fingerprint density at radius 1 is 0.267 bits per heavy atom. The van der Waals surface area contributed by atoms with Crippen LogP contribution in [-0.2, 0) is 0 Å². The van der Waals surface area contributed by atoms with Crippen molar-refractivity contribution < 1.29 is 4.42 Å². The van der Waals surface area contributed by atoms with E-state index in [2.05, 4.69) is 241 Å². The van der Waals surface area contributed by atoms with Crippen LogP contribution in [0.3, 0.4) is 0 Å². The highest BCUT2D eigenvalue weighted by Crippen LogP contribution is 2.48. The van der Waals surface area contributed by atoms with Crippen molar-refractivity contribution >= 4 is 49.6 Å². The summed E-state index contributed by atoms with van der Waals surface area (Å²) < 4.78 is 6.98. The zero-order chi connectivity index (χ0) is 39.8. The van der Waals surface area contributed by atoms with Gasteiger partial charge in [0.05, 0.1) is 0 Å². The molecule has 60 heavy (non-hydrogen) atoms. The topological polar surface area (TPSA) is 16.4 Å². The second-order valence-electron chi connectivity index (χ2n) is 15.3. The number of hydrogen-bond donors (Lipinski definition) is 0. The Labute approximate surface area is 349 Å². The molecule has 0 atom stereocenters. The lowest BCUT2D eigenvalue weighted by molar-refractivity contribution is 0.636. The van der Waals surface area contributed by atoms with Gasteiger partial charge in [0.1, 0.15) is 11.3 Å². The van der Waals surface area contributed by atoms with Crippen molar-refractivity contribution in [2.24, 2.45) is 0 Å². The van der Waals surface area contributed by atoms with Gasteiger partial charge in [0.2, 0.25) is 0 Å². The van der Waals surface area contributed by atoms with E-state index in [1.807, 2.05) is 0 Å². The number of fused-ring (bicyclic) bond motifs is 6. The van der Waals surface area contributed by atoms with Crippen molar-refractivity contribution in [2.45, 2.75) is 0 Å². The first-order valence-electron chi connectivity index (χ1n) is 20.5. The standard InChI is InChI=1S/C58H39NO/c1-5-15-40(16-6-1)41-25-27-42(28-26-41)43-29-34-49(35-30-43)59(48-21-11-4-12-22-48)50-36-31-44(32-37-50)47-33-38-53-54(39-47)51-23-13-14-24-52(51)56-55(45-17-7-2-8-18-45)57(60-58(53)56)46-19-9-3-10-20-46/h1-39H. The Morgan fingerprint density at radius 3 is 1.23 bits per heavy atom. The first kappa shape index (κ1) is 35.2. The first-order valence-corrected chi connectivity index (χ1v) is 20.5. The normalized spacial score (nSPS) is 11.3. The lowest BCUT2D eigenvalue weighted by atomic mass is 9.91. The molecule has 0 aliphatic heterocycles. The summed E-state index contributed by atoms with van der Waals surface area (Å²) in [6.07, 6.45) is 0. The summed E-state index contributed by atoms with van der Waals surface area (Å²) in [4.78, 5) is 2.32. The summed E-state index contributed by atoms with van der Waals surface area (Å²) in [7, 11) is 0. The molecule has 0 aliphatic rings. The largest absolute Gasteiger partial charge is 0.455 e. The van der Waals surface area contributed by atoms with Crippen LogP contribution in [0.25, 0.3) is 88.3 Å². The lowest BCUT2D eigenvalue weighted by Crippen LogP contribution is -2.09. The van der Waals surface area contributed by atoms with E-state index >= 15 is 0 Å². The molecule has 0 spiro atoms. The summed E-state index contributed by atoms with van der Waals surface area (Å²) >= 11 is 0. The molecule has 11 aromatic rings. The number of benzene rings is 10. The van der Waals surface area contributed by atoms with Crippen LogP contribution in [0.5, 0.6) is 0 Å². The van der Waals surface area contributed by atoms with E-state index in [0.717, 1.165) is 67.0 Å². The zero-order valence-corrected chi connectivity index (χ0v) is 32.9. The van der Waals surface area contributed by atoms with Crippen LogP contribution >= 0.6 is 0 Å². The van der Waals surface area contributed by atoms with Crippen molar-refractivity contribution in [1.82, 2.24) is 0 Å². The second-order valence-corrected chi connectivity index (χ2v) is 15.3. The Kier molecular flexibility index (Phi) is 8.87. The average Bonchev–Trinajstić information content (AvgIpc) is 3.75. The first-order chi connectivity index (χ1) is 29.8. The van der Waals surface area contributed by atoms with Gasteiger partial charge in [-0.3, -0.25) is 0 Å². The smallest absolute Gasteiger partial charge is 0.143 e. The summed E-state index contributed by atoms with van der Waals surface area (Å²) in [5.74, 6) is 0.893. The molecule has 1 heterocycles. The fourth-order valence-corrected chi connectivity index (χ4v) is 8.75. The Morgan fingerprint density at radius 2 is 0.667 bits per heavy atom. The summed E-state index contributed by atoms with van der Waals surface area (Å²) in [6, 6.07) is 84.5. The minimum absolute atomic E-state index is 0.893. The molecule has 10 aromatic carbocycles. The summed E-state index contributed by atoms with van der Waals surface area (Å²) in [6.45, 7) is 0. The van der Waals surface area contributed by atoms with Crippen LogP contribution in [0.2, 0.25) is 0 Å². The molecular weight excluding hydrogens is 727 g/mol. The monoisotopic (exact) mass is 765 g/mol. The number of nitrogens with zero attached hydrogens (tertiary/aromatic N) is 1. The van der Waals surface area contributed by atoms with Gasteiger partial charge in [-0.1, -0.05) is 188 Å². The molecule has 2 heteroatoms. The quantitative estimate of drug-likeness (QED) is 0.143. The molecule has 0 fully saturated rings. The number of hydrogen-bond acceptors (Lipinski definition) is 2. The maximum absolute atomic E-state index is 6.98. The molecule has 0 unspecified atom stereocenters. The van der Waals surface area contributed by atoms with Gasteiger partial charge >= 0.3 is 0 Å². The summed E-state index contributed by atoms with van der Waals surface area (Å²) in [5, 5.41) is 5.82. The molecule has 282 valence electrons. The van der Waals surface area contributed by atoms with Gasteiger partial charge in [0.15, 0.2) is 0 Å². The number of furan rings is 1. The van der Waals surface area contributed by atoms with E-state index in [1.165, 1.54) is 38.4 Å². The van der Waals surface area contributed by atoms with Crippen LogP contribution < -0.4 is 4.90 Å². The molecule has 2 nitrogen and oxygen atoms in total.